The SMILES string of the molecule is CC#N.CC#N.CC#N.CC(CP(c1ccccc1)c1ccccc1)(C[PH+](c1ccccc1)c1ccccc1)C[PH+](c1ccccc1)c1ccccc1.F[B-](F)(F)F.F[B-](F)(F)F.[Ni+2]. The molecule has 0 aliphatic heterocycles. The van der Waals surface area contributed by atoms with Crippen molar-refractivity contribution in [2.24, 2.45) is 5.41 Å². The zero-order valence-electron chi connectivity index (χ0n) is 35.7. The van der Waals surface area contributed by atoms with Crippen molar-refractivity contribution in [3.8, 4) is 18.2 Å². The molecule has 0 radical (unpaired) electrons. The summed E-state index contributed by atoms with van der Waals surface area (Å²) in [6.07, 6.45) is 3.55. The second-order valence-corrected chi connectivity index (χ2v) is 20.6. The molecule has 0 bridgehead atoms. The van der Waals surface area contributed by atoms with E-state index in [1.807, 2.05) is 0 Å². The monoisotopic (exact) mass is 981 g/mol. The molecule has 6 rings (SSSR count). The Bertz CT molecular complexity index is 1840. The van der Waals surface area contributed by atoms with Crippen molar-refractivity contribution >= 4 is 70.1 Å². The molecule has 0 saturated heterocycles. The minimum absolute atomic E-state index is 0. The minimum atomic E-state index is -6.00. The molecule has 0 aromatic heterocycles. The summed E-state index contributed by atoms with van der Waals surface area (Å²) in [5.41, 5.74) is 0.108. The van der Waals surface area contributed by atoms with Gasteiger partial charge in [-0.3, -0.25) is 0 Å². The van der Waals surface area contributed by atoms with Gasteiger partial charge in [0.25, 0.3) is 0 Å². The molecule has 0 heterocycles. The predicted molar refractivity (Wildman–Crippen MR) is 257 cm³/mol. The smallest absolute Gasteiger partial charge is 0.418 e. The van der Waals surface area contributed by atoms with Crippen LogP contribution in [-0.4, -0.2) is 33.0 Å². The van der Waals surface area contributed by atoms with Crippen LogP contribution in [0.5, 0.6) is 0 Å². The van der Waals surface area contributed by atoms with Crippen molar-refractivity contribution in [1.29, 1.82) is 15.8 Å². The van der Waals surface area contributed by atoms with Gasteiger partial charge in [-0.25, -0.2) is 0 Å². The predicted octanol–water partition coefficient (Wildman–Crippen LogP) is 12.0. The van der Waals surface area contributed by atoms with Crippen LogP contribution in [0.2, 0.25) is 0 Å². The maximum Gasteiger partial charge on any atom is 2.00 e. The van der Waals surface area contributed by atoms with Crippen LogP contribution in [0.4, 0.5) is 34.5 Å². The third kappa shape index (κ3) is 26.7. The summed E-state index contributed by atoms with van der Waals surface area (Å²) in [6.45, 7) is 6.92. The van der Waals surface area contributed by atoms with Gasteiger partial charge in [0.1, 0.15) is 0 Å². The summed E-state index contributed by atoms with van der Waals surface area (Å²) in [4.78, 5) is 0. The molecule has 0 saturated carbocycles. The van der Waals surface area contributed by atoms with E-state index < -0.39 is 38.3 Å². The summed E-state index contributed by atoms with van der Waals surface area (Å²) in [6, 6.07) is 73.3. The molecule has 6 aromatic rings. The fourth-order valence-electron chi connectivity index (χ4n) is 6.26. The third-order valence-corrected chi connectivity index (χ3v) is 17.8. The normalized spacial score (nSPS) is 10.3. The molecule has 0 atom stereocenters. The number of halogens is 8. The summed E-state index contributed by atoms with van der Waals surface area (Å²) in [5, 5.41) is 30.9. The van der Waals surface area contributed by atoms with Gasteiger partial charge in [-0.2, -0.15) is 15.8 Å². The van der Waals surface area contributed by atoms with Gasteiger partial charge >= 0.3 is 31.0 Å². The second-order valence-electron chi connectivity index (χ2n) is 13.5. The Morgan fingerprint density at radius 1 is 0.422 bits per heavy atom. The van der Waals surface area contributed by atoms with E-state index in [0.29, 0.717) is 0 Å². The van der Waals surface area contributed by atoms with E-state index >= 15 is 0 Å². The molecule has 338 valence electrons. The Morgan fingerprint density at radius 3 is 0.781 bits per heavy atom. The summed E-state index contributed by atoms with van der Waals surface area (Å²) in [5.74, 6) is 0. The minimum Gasteiger partial charge on any atom is -0.418 e. The van der Waals surface area contributed by atoms with Crippen molar-refractivity contribution in [3.63, 3.8) is 0 Å². The Morgan fingerprint density at radius 2 is 0.594 bits per heavy atom. The first kappa shape index (κ1) is 59.1. The van der Waals surface area contributed by atoms with Gasteiger partial charge in [-0.1, -0.05) is 140 Å². The van der Waals surface area contributed by atoms with E-state index in [-0.39, 0.29) is 21.9 Å². The average Bonchev–Trinajstić information content (AvgIpc) is 3.26. The Hall–Kier alpha value is -4.86. The number of benzene rings is 6. The van der Waals surface area contributed by atoms with E-state index in [0.717, 1.165) is 6.16 Å². The van der Waals surface area contributed by atoms with E-state index in [1.165, 1.54) is 64.9 Å². The van der Waals surface area contributed by atoms with Crippen LogP contribution < -0.4 is 31.8 Å². The first-order chi connectivity index (χ1) is 29.9. The average molecular weight is 982 g/mol. The van der Waals surface area contributed by atoms with E-state index in [9.17, 15) is 34.5 Å². The van der Waals surface area contributed by atoms with Gasteiger partial charge in [-0.15, -0.1) is 0 Å². The molecule has 0 unspecified atom stereocenters. The molecule has 0 aliphatic carbocycles. The Balaban J connectivity index is 0.00000169. The maximum atomic E-state index is 9.75. The molecule has 0 fully saturated rings. The first-order valence-corrected chi connectivity index (χ1v) is 24.4. The van der Waals surface area contributed by atoms with Crippen molar-refractivity contribution in [2.45, 2.75) is 27.7 Å². The molecule has 0 aliphatic rings. The van der Waals surface area contributed by atoms with Crippen LogP contribution in [0.1, 0.15) is 27.7 Å². The van der Waals surface area contributed by atoms with Crippen molar-refractivity contribution in [2.75, 3.05) is 18.5 Å². The number of hydrogen-bond acceptors (Lipinski definition) is 3. The first-order valence-electron chi connectivity index (χ1n) is 19.4. The maximum absolute atomic E-state index is 9.75. The summed E-state index contributed by atoms with van der Waals surface area (Å²) < 4.78 is 78.0. The number of rotatable bonds is 12. The zero-order chi connectivity index (χ0) is 47.2. The largest absolute Gasteiger partial charge is 2.00 e. The number of hydrogen-bond donors (Lipinski definition) is 0. The van der Waals surface area contributed by atoms with Gasteiger partial charge < -0.3 is 34.5 Å². The van der Waals surface area contributed by atoms with Gasteiger partial charge in [-0.05, 0) is 73.2 Å². The zero-order valence-corrected chi connectivity index (χ0v) is 39.6. The second kappa shape index (κ2) is 32.7. The van der Waals surface area contributed by atoms with Crippen LogP contribution in [0.3, 0.4) is 0 Å². The molecule has 3 nitrogen and oxygen atoms in total. The van der Waals surface area contributed by atoms with Gasteiger partial charge in [0.05, 0.1) is 67.6 Å². The van der Waals surface area contributed by atoms with E-state index in [2.05, 4.69) is 189 Å². The fraction of sp³-hybridized carbons (Fsp3) is 0.170. The van der Waals surface area contributed by atoms with Crippen molar-refractivity contribution in [1.82, 2.24) is 0 Å². The number of nitrogens with zero attached hydrogens (tertiary/aromatic N) is 3. The topological polar surface area (TPSA) is 71.4 Å². The van der Waals surface area contributed by atoms with Crippen LogP contribution in [0.25, 0.3) is 0 Å². The molecule has 17 heteroatoms. The molecule has 6 aromatic carbocycles. The van der Waals surface area contributed by atoms with Crippen LogP contribution in [0.15, 0.2) is 182 Å². The molecule has 64 heavy (non-hydrogen) atoms. The summed E-state index contributed by atoms with van der Waals surface area (Å²) in [7, 11) is -14.6. The number of nitriles is 3. The van der Waals surface area contributed by atoms with Gasteiger partial charge in [0, 0.05) is 26.2 Å². The Labute approximate surface area is 387 Å². The van der Waals surface area contributed by atoms with Crippen molar-refractivity contribution < 1.29 is 51.0 Å². The Kier molecular flexibility index (Phi) is 30.3. The summed E-state index contributed by atoms with van der Waals surface area (Å²) >= 11 is 0. The van der Waals surface area contributed by atoms with Crippen molar-refractivity contribution in [3.05, 3.63) is 182 Å². The van der Waals surface area contributed by atoms with Crippen LogP contribution >= 0.6 is 23.8 Å². The molecular weight excluding hydrogens is 932 g/mol. The molecular formula is C47H50B2F8N3NiP3+2. The van der Waals surface area contributed by atoms with Crippen LogP contribution in [0, 0.1) is 39.4 Å². The molecule has 0 spiro atoms. The molecule has 0 amide bonds. The molecule has 0 N–H and O–H groups in total. The standard InChI is InChI=1S/C41H39P3.3C2H3N.2BF4.Ni/c1-41(32-42(35-20-8-2-9-21-35)36-22-10-3-11-23-36,33-43(37-24-12-4-13-25-37)38-26-14-5-15-27-38)34-44(39-28-16-6-17-29-39)40-30-18-7-19-31-40;3*1-2-3;2*2-1(3,4)5;/h2-31H,32-34H2,1H3;3*1H3;;;/q;;;;2*-1;+2/p+2. The quantitative estimate of drug-likeness (QED) is 0.0697. The van der Waals surface area contributed by atoms with Gasteiger partial charge in [0.2, 0.25) is 0 Å². The third-order valence-electron chi connectivity index (χ3n) is 8.37. The van der Waals surface area contributed by atoms with E-state index in [1.54, 1.807) is 18.2 Å². The van der Waals surface area contributed by atoms with Gasteiger partial charge in [0.15, 0.2) is 0 Å². The van der Waals surface area contributed by atoms with E-state index in [4.69, 9.17) is 15.8 Å². The van der Waals surface area contributed by atoms with Crippen LogP contribution in [-0.2, 0) is 16.5 Å². The fourth-order valence-corrected chi connectivity index (χ4v) is 15.7.